The van der Waals surface area contributed by atoms with E-state index in [1.54, 1.807) is 31.4 Å². The Labute approximate surface area is 185 Å². The lowest BCUT2D eigenvalue weighted by Crippen LogP contribution is -2.38. The van der Waals surface area contributed by atoms with Crippen molar-refractivity contribution in [3.8, 4) is 5.75 Å². The monoisotopic (exact) mass is 456 g/mol. The lowest BCUT2D eigenvalue weighted by Gasteiger charge is -2.28. The summed E-state index contributed by atoms with van der Waals surface area (Å²) in [6, 6.07) is 14.1. The SMILES string of the molecule is COc1ccc2c(c1)CCN(S(=O)(=O)CCCNC(=O)c1cc3ccccc3oc1=O)C2. The second-order valence-electron chi connectivity index (χ2n) is 7.63. The number of carbonyl (C=O) groups is 1. The van der Waals surface area contributed by atoms with Gasteiger partial charge in [-0.2, -0.15) is 4.31 Å². The highest BCUT2D eigenvalue weighted by atomic mass is 32.2. The van der Waals surface area contributed by atoms with Crippen LogP contribution >= 0.6 is 0 Å². The molecule has 1 aromatic heterocycles. The van der Waals surface area contributed by atoms with E-state index < -0.39 is 21.6 Å². The van der Waals surface area contributed by atoms with Gasteiger partial charge in [0.2, 0.25) is 10.0 Å². The molecular formula is C23H24N2O6S. The maximum Gasteiger partial charge on any atom is 0.349 e. The topological polar surface area (TPSA) is 106 Å². The number of rotatable bonds is 7. The lowest BCUT2D eigenvalue weighted by molar-refractivity contribution is 0.0950. The molecule has 1 amide bonds. The summed E-state index contributed by atoms with van der Waals surface area (Å²) in [4.78, 5) is 24.5. The minimum absolute atomic E-state index is 0.0922. The molecule has 0 saturated heterocycles. The van der Waals surface area contributed by atoms with Crippen LogP contribution in [0.15, 0.2) is 57.7 Å². The van der Waals surface area contributed by atoms with Crippen LogP contribution in [-0.4, -0.2) is 44.6 Å². The molecule has 0 atom stereocenters. The van der Waals surface area contributed by atoms with Crippen molar-refractivity contribution in [1.82, 2.24) is 9.62 Å². The summed E-state index contributed by atoms with van der Waals surface area (Å²) in [7, 11) is -1.87. The number of fused-ring (bicyclic) bond motifs is 2. The Morgan fingerprint density at radius 2 is 1.97 bits per heavy atom. The van der Waals surface area contributed by atoms with Crippen LogP contribution in [0, 0.1) is 0 Å². The van der Waals surface area contributed by atoms with Gasteiger partial charge in [-0.15, -0.1) is 0 Å². The van der Waals surface area contributed by atoms with Crippen LogP contribution in [0.1, 0.15) is 27.9 Å². The first-order valence-corrected chi connectivity index (χ1v) is 11.9. The summed E-state index contributed by atoms with van der Waals surface area (Å²) < 4.78 is 37.4. The molecule has 0 fully saturated rings. The number of ether oxygens (including phenoxy) is 1. The summed E-state index contributed by atoms with van der Waals surface area (Å²) in [5.74, 6) is 0.0875. The number of carbonyl (C=O) groups excluding carboxylic acids is 1. The van der Waals surface area contributed by atoms with Crippen LogP contribution in [0.4, 0.5) is 0 Å². The molecule has 168 valence electrons. The molecule has 4 rings (SSSR count). The van der Waals surface area contributed by atoms with Crippen molar-refractivity contribution in [2.45, 2.75) is 19.4 Å². The van der Waals surface area contributed by atoms with Gasteiger partial charge in [0.05, 0.1) is 12.9 Å². The summed E-state index contributed by atoms with van der Waals surface area (Å²) in [5.41, 5.74) is 1.64. The van der Waals surface area contributed by atoms with Crippen molar-refractivity contribution in [1.29, 1.82) is 0 Å². The van der Waals surface area contributed by atoms with Crippen LogP contribution in [0.5, 0.6) is 5.75 Å². The molecule has 0 saturated carbocycles. The second-order valence-corrected chi connectivity index (χ2v) is 9.72. The summed E-state index contributed by atoms with van der Waals surface area (Å²) in [6.45, 7) is 0.866. The first-order valence-electron chi connectivity index (χ1n) is 10.3. The molecule has 32 heavy (non-hydrogen) atoms. The van der Waals surface area contributed by atoms with Crippen LogP contribution < -0.4 is 15.7 Å². The van der Waals surface area contributed by atoms with Gasteiger partial charge in [-0.3, -0.25) is 4.79 Å². The normalized spacial score (nSPS) is 14.2. The van der Waals surface area contributed by atoms with Gasteiger partial charge in [0, 0.05) is 25.0 Å². The van der Waals surface area contributed by atoms with Crippen molar-refractivity contribution >= 4 is 26.9 Å². The van der Waals surface area contributed by atoms with Crippen molar-refractivity contribution in [2.24, 2.45) is 0 Å². The van der Waals surface area contributed by atoms with Crippen molar-refractivity contribution in [3.05, 3.63) is 75.6 Å². The number of para-hydroxylation sites is 1. The fraction of sp³-hybridized carbons (Fsp3) is 0.304. The minimum Gasteiger partial charge on any atom is -0.497 e. The van der Waals surface area contributed by atoms with Gasteiger partial charge in [-0.05, 0) is 48.2 Å². The molecule has 1 N–H and O–H groups in total. The highest BCUT2D eigenvalue weighted by molar-refractivity contribution is 7.89. The molecule has 2 heterocycles. The van der Waals surface area contributed by atoms with E-state index in [0.717, 1.165) is 16.9 Å². The Kier molecular flexibility index (Phi) is 6.29. The number of amides is 1. The van der Waals surface area contributed by atoms with Crippen molar-refractivity contribution in [3.63, 3.8) is 0 Å². The van der Waals surface area contributed by atoms with E-state index in [0.29, 0.717) is 30.5 Å². The number of methoxy groups -OCH3 is 1. The average Bonchev–Trinajstić information content (AvgIpc) is 2.80. The number of benzene rings is 2. The van der Waals surface area contributed by atoms with Gasteiger partial charge in [0.25, 0.3) is 5.91 Å². The van der Waals surface area contributed by atoms with E-state index in [1.165, 1.54) is 10.4 Å². The molecule has 0 bridgehead atoms. The molecule has 8 nitrogen and oxygen atoms in total. The third-order valence-corrected chi connectivity index (χ3v) is 7.44. The minimum atomic E-state index is -3.47. The van der Waals surface area contributed by atoms with E-state index in [2.05, 4.69) is 5.32 Å². The standard InChI is InChI=1S/C23H24N2O6S/c1-30-19-8-7-18-15-25(11-9-16(18)13-19)32(28,29)12-4-10-24-22(26)20-14-17-5-2-3-6-21(17)31-23(20)27/h2-3,5-8,13-14H,4,9-12,15H2,1H3,(H,24,26). The van der Waals surface area contributed by atoms with Crippen LogP contribution in [-0.2, 0) is 23.0 Å². The zero-order valence-corrected chi connectivity index (χ0v) is 18.5. The zero-order valence-electron chi connectivity index (χ0n) is 17.7. The quantitative estimate of drug-likeness (QED) is 0.432. The van der Waals surface area contributed by atoms with E-state index in [1.807, 2.05) is 18.2 Å². The average molecular weight is 457 g/mol. The Balaban J connectivity index is 1.32. The summed E-state index contributed by atoms with van der Waals surface area (Å²) in [6.07, 6.45) is 0.860. The highest BCUT2D eigenvalue weighted by Gasteiger charge is 2.26. The number of nitrogens with zero attached hydrogens (tertiary/aromatic N) is 1. The Morgan fingerprint density at radius 1 is 1.16 bits per heavy atom. The van der Waals surface area contributed by atoms with Gasteiger partial charge in [0.1, 0.15) is 16.9 Å². The van der Waals surface area contributed by atoms with Crippen LogP contribution in [0.25, 0.3) is 11.0 Å². The van der Waals surface area contributed by atoms with Gasteiger partial charge in [0.15, 0.2) is 0 Å². The predicted octanol–water partition coefficient (Wildman–Crippen LogP) is 2.31. The van der Waals surface area contributed by atoms with Gasteiger partial charge in [-0.1, -0.05) is 24.3 Å². The molecule has 0 aliphatic carbocycles. The molecule has 9 heteroatoms. The maximum atomic E-state index is 12.8. The highest BCUT2D eigenvalue weighted by Crippen LogP contribution is 2.25. The first kappa shape index (κ1) is 22.0. The Hall–Kier alpha value is -3.17. The van der Waals surface area contributed by atoms with E-state index in [9.17, 15) is 18.0 Å². The third kappa shape index (κ3) is 4.68. The smallest absolute Gasteiger partial charge is 0.349 e. The molecule has 1 aliphatic heterocycles. The number of hydrogen-bond acceptors (Lipinski definition) is 6. The van der Waals surface area contributed by atoms with Crippen molar-refractivity contribution < 1.29 is 22.4 Å². The molecule has 0 spiro atoms. The first-order chi connectivity index (χ1) is 15.4. The van der Waals surface area contributed by atoms with Gasteiger partial charge >= 0.3 is 5.63 Å². The molecule has 2 aromatic carbocycles. The fourth-order valence-corrected chi connectivity index (χ4v) is 5.24. The summed E-state index contributed by atoms with van der Waals surface area (Å²) >= 11 is 0. The van der Waals surface area contributed by atoms with Gasteiger partial charge in [-0.25, -0.2) is 13.2 Å². The Bertz CT molecular complexity index is 1320. The lowest BCUT2D eigenvalue weighted by atomic mass is 10.0. The molecule has 1 aliphatic rings. The predicted molar refractivity (Wildman–Crippen MR) is 120 cm³/mol. The van der Waals surface area contributed by atoms with E-state index in [-0.39, 0.29) is 24.3 Å². The zero-order chi connectivity index (χ0) is 22.7. The van der Waals surface area contributed by atoms with Crippen LogP contribution in [0.3, 0.4) is 0 Å². The number of sulfonamides is 1. The number of hydrogen-bond donors (Lipinski definition) is 1. The fourth-order valence-electron chi connectivity index (χ4n) is 3.77. The van der Waals surface area contributed by atoms with E-state index >= 15 is 0 Å². The molecule has 3 aromatic rings. The molecular weight excluding hydrogens is 432 g/mol. The molecule has 0 radical (unpaired) electrons. The largest absolute Gasteiger partial charge is 0.497 e. The van der Waals surface area contributed by atoms with Crippen molar-refractivity contribution in [2.75, 3.05) is 26.0 Å². The Morgan fingerprint density at radius 3 is 2.78 bits per heavy atom. The van der Waals surface area contributed by atoms with Gasteiger partial charge < -0.3 is 14.5 Å². The maximum absolute atomic E-state index is 12.8. The summed E-state index contributed by atoms with van der Waals surface area (Å²) in [5, 5.41) is 3.25. The number of nitrogens with one attached hydrogen (secondary N) is 1. The van der Waals surface area contributed by atoms with E-state index in [4.69, 9.17) is 9.15 Å². The molecule has 0 unspecified atom stereocenters. The third-order valence-electron chi connectivity index (χ3n) is 5.53. The second kappa shape index (κ2) is 9.13. The van der Waals surface area contributed by atoms with Crippen LogP contribution in [0.2, 0.25) is 0 Å².